The van der Waals surface area contributed by atoms with E-state index in [4.69, 9.17) is 16.2 Å². The fraction of sp³-hybridized carbons (Fsp3) is 0.385. The molecule has 1 saturated heterocycles. The molecule has 180 valence electrons. The molecule has 0 spiro atoms. The highest BCUT2D eigenvalue weighted by atomic mass is 16.4. The van der Waals surface area contributed by atoms with Gasteiger partial charge in [0.15, 0.2) is 0 Å². The minimum atomic E-state index is -0.948. The van der Waals surface area contributed by atoms with Crippen LogP contribution in [-0.4, -0.2) is 46.7 Å². The quantitative estimate of drug-likeness (QED) is 0.351. The second kappa shape index (κ2) is 10.5. The predicted octanol–water partition coefficient (Wildman–Crippen LogP) is 3.18. The maximum atomic E-state index is 13.6. The van der Waals surface area contributed by atoms with Gasteiger partial charge in [-0.05, 0) is 50.3 Å². The molecular weight excluding hydrogens is 432 g/mol. The summed E-state index contributed by atoms with van der Waals surface area (Å²) in [5.41, 5.74) is 6.30. The molecular formula is C26H32N4O4. The Hall–Kier alpha value is -3.68. The van der Waals surface area contributed by atoms with Gasteiger partial charge < -0.3 is 21.1 Å². The third-order valence-corrected chi connectivity index (χ3v) is 6.50. The molecule has 1 aliphatic rings. The third kappa shape index (κ3) is 5.81. The zero-order valence-electron chi connectivity index (χ0n) is 19.6. The molecule has 2 aromatic carbocycles. The van der Waals surface area contributed by atoms with E-state index in [0.29, 0.717) is 37.1 Å². The second-order valence-electron chi connectivity index (χ2n) is 9.36. The third-order valence-electron chi connectivity index (χ3n) is 6.50. The SMILES string of the molecule is CC(C)(C(=O)N1CCC(CC(=O)O)CC1)[C@H](NC(=O)c1ccc(C(=N)N)cc1)c1ccccc1. The van der Waals surface area contributed by atoms with Crippen LogP contribution in [0.4, 0.5) is 0 Å². The highest BCUT2D eigenvalue weighted by Crippen LogP contribution is 2.37. The summed E-state index contributed by atoms with van der Waals surface area (Å²) in [6.45, 7) is 4.66. The van der Waals surface area contributed by atoms with Gasteiger partial charge in [-0.15, -0.1) is 0 Å². The van der Waals surface area contributed by atoms with Gasteiger partial charge in [0.05, 0.1) is 11.5 Å². The number of carboxylic acids is 1. The second-order valence-corrected chi connectivity index (χ2v) is 9.36. The Balaban J connectivity index is 1.80. The van der Waals surface area contributed by atoms with E-state index < -0.39 is 17.4 Å². The molecule has 5 N–H and O–H groups in total. The number of nitrogen functional groups attached to an aromatic ring is 1. The van der Waals surface area contributed by atoms with E-state index >= 15 is 0 Å². The maximum absolute atomic E-state index is 13.6. The standard InChI is InChI=1S/C26H32N4O4/c1-26(2,25(34)30-14-12-17(13-15-30)16-21(31)32)22(18-6-4-3-5-7-18)29-24(33)20-10-8-19(9-11-20)23(27)28/h3-11,17,22H,12-16H2,1-2H3,(H3,27,28)(H,29,33)(H,31,32)/t22-/m1/s1. The number of hydrogen-bond acceptors (Lipinski definition) is 4. The van der Waals surface area contributed by atoms with Crippen molar-refractivity contribution in [3.8, 4) is 0 Å². The zero-order chi connectivity index (χ0) is 24.9. The molecule has 0 aliphatic carbocycles. The van der Waals surface area contributed by atoms with Crippen LogP contribution in [0.25, 0.3) is 0 Å². The van der Waals surface area contributed by atoms with E-state index in [0.717, 1.165) is 5.56 Å². The first-order chi connectivity index (χ1) is 16.1. The lowest BCUT2D eigenvalue weighted by atomic mass is 9.78. The van der Waals surface area contributed by atoms with E-state index in [1.165, 1.54) is 0 Å². The molecule has 8 nitrogen and oxygen atoms in total. The van der Waals surface area contributed by atoms with Crippen LogP contribution in [0.15, 0.2) is 54.6 Å². The highest BCUT2D eigenvalue weighted by molar-refractivity contribution is 5.98. The number of carboxylic acid groups (broad SMARTS) is 1. The molecule has 3 rings (SSSR count). The Morgan fingerprint density at radius 2 is 1.62 bits per heavy atom. The molecule has 0 unspecified atom stereocenters. The lowest BCUT2D eigenvalue weighted by Gasteiger charge is -2.40. The molecule has 0 aromatic heterocycles. The first kappa shape index (κ1) is 25.0. The number of benzene rings is 2. The van der Waals surface area contributed by atoms with Crippen molar-refractivity contribution < 1.29 is 19.5 Å². The molecule has 0 saturated carbocycles. The summed E-state index contributed by atoms with van der Waals surface area (Å²) in [5, 5.41) is 19.6. The molecule has 0 bridgehead atoms. The average molecular weight is 465 g/mol. The van der Waals surface area contributed by atoms with Crippen LogP contribution >= 0.6 is 0 Å². The van der Waals surface area contributed by atoms with Crippen molar-refractivity contribution in [1.29, 1.82) is 5.41 Å². The molecule has 1 fully saturated rings. The first-order valence-electron chi connectivity index (χ1n) is 11.4. The number of aliphatic carboxylic acids is 1. The van der Waals surface area contributed by atoms with Crippen LogP contribution in [0.3, 0.4) is 0 Å². The van der Waals surface area contributed by atoms with Crippen LogP contribution < -0.4 is 11.1 Å². The van der Waals surface area contributed by atoms with E-state index in [9.17, 15) is 14.4 Å². The number of likely N-dealkylation sites (tertiary alicyclic amines) is 1. The number of carbonyl (C=O) groups is 3. The predicted molar refractivity (Wildman–Crippen MR) is 129 cm³/mol. The summed E-state index contributed by atoms with van der Waals surface area (Å²) >= 11 is 0. The number of amidine groups is 1. The van der Waals surface area contributed by atoms with Crippen LogP contribution in [0, 0.1) is 16.7 Å². The molecule has 0 radical (unpaired) electrons. The number of nitrogens with one attached hydrogen (secondary N) is 2. The summed E-state index contributed by atoms with van der Waals surface area (Å²) < 4.78 is 0. The summed E-state index contributed by atoms with van der Waals surface area (Å²) in [4.78, 5) is 39.5. The lowest BCUT2D eigenvalue weighted by Crippen LogP contribution is -2.51. The first-order valence-corrected chi connectivity index (χ1v) is 11.4. The number of amides is 2. The molecule has 2 aromatic rings. The largest absolute Gasteiger partial charge is 0.481 e. The van der Waals surface area contributed by atoms with E-state index in [1.54, 1.807) is 29.2 Å². The molecule has 34 heavy (non-hydrogen) atoms. The normalized spacial score (nSPS) is 15.4. The van der Waals surface area contributed by atoms with Crippen molar-refractivity contribution in [2.24, 2.45) is 17.1 Å². The van der Waals surface area contributed by atoms with Crippen molar-refractivity contribution in [3.05, 3.63) is 71.3 Å². The van der Waals surface area contributed by atoms with Gasteiger partial charge in [0.2, 0.25) is 5.91 Å². The fourth-order valence-corrected chi connectivity index (χ4v) is 4.46. The zero-order valence-corrected chi connectivity index (χ0v) is 19.6. The van der Waals surface area contributed by atoms with E-state index in [2.05, 4.69) is 5.32 Å². The van der Waals surface area contributed by atoms with Gasteiger partial charge in [-0.25, -0.2) is 0 Å². The van der Waals surface area contributed by atoms with Gasteiger partial charge in [0.1, 0.15) is 5.84 Å². The van der Waals surface area contributed by atoms with Crippen LogP contribution in [0.2, 0.25) is 0 Å². The average Bonchev–Trinajstić information content (AvgIpc) is 2.82. The van der Waals surface area contributed by atoms with Crippen molar-refractivity contribution in [2.45, 2.75) is 39.2 Å². The molecule has 1 aliphatic heterocycles. The number of nitrogens with two attached hydrogens (primary N) is 1. The van der Waals surface area contributed by atoms with E-state index in [-0.39, 0.29) is 30.0 Å². The minimum Gasteiger partial charge on any atom is -0.481 e. The number of carbonyl (C=O) groups excluding carboxylic acids is 2. The smallest absolute Gasteiger partial charge is 0.303 e. The van der Waals surface area contributed by atoms with Crippen molar-refractivity contribution in [3.63, 3.8) is 0 Å². The Labute approximate surface area is 199 Å². The Morgan fingerprint density at radius 1 is 1.06 bits per heavy atom. The summed E-state index contributed by atoms with van der Waals surface area (Å²) in [7, 11) is 0. The van der Waals surface area contributed by atoms with Gasteiger partial charge >= 0.3 is 5.97 Å². The Kier molecular flexibility index (Phi) is 7.71. The van der Waals surface area contributed by atoms with Gasteiger partial charge in [-0.3, -0.25) is 19.8 Å². The minimum absolute atomic E-state index is 0.0759. The molecule has 1 heterocycles. The van der Waals surface area contributed by atoms with Crippen molar-refractivity contribution >= 4 is 23.6 Å². The molecule has 1 atom stereocenters. The number of nitrogens with zero attached hydrogens (tertiary/aromatic N) is 1. The Morgan fingerprint density at radius 3 is 2.15 bits per heavy atom. The van der Waals surface area contributed by atoms with Crippen molar-refractivity contribution in [2.75, 3.05) is 13.1 Å². The monoisotopic (exact) mass is 464 g/mol. The van der Waals surface area contributed by atoms with Gasteiger partial charge in [0.25, 0.3) is 5.91 Å². The van der Waals surface area contributed by atoms with Crippen LogP contribution in [0.1, 0.15) is 60.6 Å². The van der Waals surface area contributed by atoms with Crippen molar-refractivity contribution in [1.82, 2.24) is 10.2 Å². The fourth-order valence-electron chi connectivity index (χ4n) is 4.46. The highest BCUT2D eigenvalue weighted by Gasteiger charge is 2.42. The topological polar surface area (TPSA) is 137 Å². The number of hydrogen-bond donors (Lipinski definition) is 4. The molecule has 8 heteroatoms. The van der Waals surface area contributed by atoms with Gasteiger partial charge in [-0.1, -0.05) is 42.5 Å². The van der Waals surface area contributed by atoms with Crippen LogP contribution in [-0.2, 0) is 9.59 Å². The molecule has 2 amide bonds. The summed E-state index contributed by atoms with van der Waals surface area (Å²) in [5.74, 6) is -1.22. The maximum Gasteiger partial charge on any atom is 0.303 e. The summed E-state index contributed by atoms with van der Waals surface area (Å²) in [6.07, 6.45) is 1.43. The summed E-state index contributed by atoms with van der Waals surface area (Å²) in [6, 6.07) is 15.3. The van der Waals surface area contributed by atoms with Gasteiger partial charge in [-0.2, -0.15) is 0 Å². The van der Waals surface area contributed by atoms with E-state index in [1.807, 2.05) is 44.2 Å². The number of piperidine rings is 1. The lowest BCUT2D eigenvalue weighted by molar-refractivity contribution is -0.144. The van der Waals surface area contributed by atoms with Gasteiger partial charge in [0, 0.05) is 30.6 Å². The Bertz CT molecular complexity index is 1040. The number of rotatable bonds is 8. The van der Waals surface area contributed by atoms with Crippen LogP contribution in [0.5, 0.6) is 0 Å².